The van der Waals surface area contributed by atoms with Gasteiger partial charge in [-0.3, -0.25) is 4.79 Å². The normalized spacial score (nSPS) is 10.3. The van der Waals surface area contributed by atoms with Gasteiger partial charge in [0, 0.05) is 6.54 Å². The predicted molar refractivity (Wildman–Crippen MR) is 96.8 cm³/mol. The van der Waals surface area contributed by atoms with E-state index in [2.05, 4.69) is 40.3 Å². The number of halogens is 1. The maximum Gasteiger partial charge on any atom is 0.257 e. The maximum absolute atomic E-state index is 11.8. The van der Waals surface area contributed by atoms with E-state index in [-0.39, 0.29) is 12.5 Å². The predicted octanol–water partition coefficient (Wildman–Crippen LogP) is 4.14. The molecule has 0 spiro atoms. The van der Waals surface area contributed by atoms with Gasteiger partial charge < -0.3 is 10.1 Å². The molecule has 0 fully saturated rings. The molecule has 3 nitrogen and oxygen atoms in total. The van der Waals surface area contributed by atoms with Crippen molar-refractivity contribution in [2.45, 2.75) is 26.2 Å². The number of hydrogen-bond acceptors (Lipinski definition) is 2. The average molecular weight is 376 g/mol. The summed E-state index contributed by atoms with van der Waals surface area (Å²) in [5.41, 5.74) is 2.52. The average Bonchev–Trinajstić information content (AvgIpc) is 2.58. The summed E-state index contributed by atoms with van der Waals surface area (Å²) in [6.45, 7) is 2.80. The Kier molecular flexibility index (Phi) is 7.14. The zero-order valence-corrected chi connectivity index (χ0v) is 14.9. The van der Waals surface area contributed by atoms with E-state index >= 15 is 0 Å². The standard InChI is InChI=1S/C19H22BrNO2/c1-2-15-10-11-18(17(20)13-15)23-14-19(22)21-12-6-9-16-7-4-3-5-8-16/h3-5,7-8,10-11,13H,2,6,9,12,14H2,1H3,(H,21,22). The molecule has 4 heteroatoms. The molecule has 0 aliphatic carbocycles. The van der Waals surface area contributed by atoms with Gasteiger partial charge in [-0.2, -0.15) is 0 Å². The third-order valence-electron chi connectivity index (χ3n) is 3.57. The molecule has 0 atom stereocenters. The van der Waals surface area contributed by atoms with Crippen molar-refractivity contribution in [3.8, 4) is 5.75 Å². The van der Waals surface area contributed by atoms with Crippen LogP contribution in [0.25, 0.3) is 0 Å². The highest BCUT2D eigenvalue weighted by Crippen LogP contribution is 2.26. The van der Waals surface area contributed by atoms with Gasteiger partial charge in [-0.1, -0.05) is 43.3 Å². The number of benzene rings is 2. The zero-order valence-electron chi connectivity index (χ0n) is 13.3. The number of carbonyl (C=O) groups is 1. The van der Waals surface area contributed by atoms with Gasteiger partial charge in [0.05, 0.1) is 4.47 Å². The van der Waals surface area contributed by atoms with Crippen LogP contribution in [-0.2, 0) is 17.6 Å². The van der Waals surface area contributed by atoms with Crippen molar-refractivity contribution in [3.63, 3.8) is 0 Å². The first-order chi connectivity index (χ1) is 11.2. The van der Waals surface area contributed by atoms with Crippen LogP contribution in [0.1, 0.15) is 24.5 Å². The van der Waals surface area contributed by atoms with Crippen LogP contribution in [0.4, 0.5) is 0 Å². The van der Waals surface area contributed by atoms with E-state index in [1.807, 2.05) is 36.4 Å². The molecule has 122 valence electrons. The Morgan fingerprint density at radius 2 is 1.91 bits per heavy atom. The molecule has 0 saturated carbocycles. The number of amides is 1. The minimum absolute atomic E-state index is 0.0371. The molecule has 0 aliphatic heterocycles. The van der Waals surface area contributed by atoms with E-state index in [0.29, 0.717) is 12.3 Å². The Bertz CT molecular complexity index is 629. The first-order valence-electron chi connectivity index (χ1n) is 7.91. The summed E-state index contributed by atoms with van der Waals surface area (Å²) < 4.78 is 6.44. The Labute approximate surface area is 146 Å². The summed E-state index contributed by atoms with van der Waals surface area (Å²) in [6, 6.07) is 16.2. The highest BCUT2D eigenvalue weighted by molar-refractivity contribution is 9.10. The van der Waals surface area contributed by atoms with Gasteiger partial charge >= 0.3 is 0 Å². The van der Waals surface area contributed by atoms with Crippen molar-refractivity contribution in [2.75, 3.05) is 13.2 Å². The van der Waals surface area contributed by atoms with Crippen LogP contribution in [0.5, 0.6) is 5.75 Å². The van der Waals surface area contributed by atoms with Crippen LogP contribution >= 0.6 is 15.9 Å². The van der Waals surface area contributed by atoms with Crippen LogP contribution in [0.3, 0.4) is 0 Å². The van der Waals surface area contributed by atoms with Crippen molar-refractivity contribution >= 4 is 21.8 Å². The van der Waals surface area contributed by atoms with Crippen molar-refractivity contribution in [1.29, 1.82) is 0 Å². The molecule has 0 saturated heterocycles. The van der Waals surface area contributed by atoms with E-state index in [0.717, 1.165) is 23.7 Å². The molecule has 0 unspecified atom stereocenters. The minimum atomic E-state index is -0.0930. The molecule has 0 aromatic heterocycles. The van der Waals surface area contributed by atoms with Crippen LogP contribution in [0.15, 0.2) is 53.0 Å². The van der Waals surface area contributed by atoms with Crippen LogP contribution in [-0.4, -0.2) is 19.1 Å². The van der Waals surface area contributed by atoms with E-state index in [4.69, 9.17) is 4.74 Å². The van der Waals surface area contributed by atoms with Gasteiger partial charge in [-0.15, -0.1) is 0 Å². The maximum atomic E-state index is 11.8. The highest BCUT2D eigenvalue weighted by Gasteiger charge is 2.06. The molecule has 0 aliphatic rings. The summed E-state index contributed by atoms with van der Waals surface area (Å²) in [4.78, 5) is 11.8. The van der Waals surface area contributed by atoms with Crippen molar-refractivity contribution in [3.05, 3.63) is 64.1 Å². The van der Waals surface area contributed by atoms with Gasteiger partial charge in [0.25, 0.3) is 5.91 Å². The zero-order chi connectivity index (χ0) is 16.5. The Balaban J connectivity index is 1.67. The van der Waals surface area contributed by atoms with Crippen LogP contribution in [0, 0.1) is 0 Å². The number of hydrogen-bond donors (Lipinski definition) is 1. The lowest BCUT2D eigenvalue weighted by molar-refractivity contribution is -0.123. The van der Waals surface area contributed by atoms with E-state index < -0.39 is 0 Å². The molecule has 0 heterocycles. The fourth-order valence-electron chi connectivity index (χ4n) is 2.24. The summed E-state index contributed by atoms with van der Waals surface area (Å²) in [6.07, 6.45) is 2.86. The van der Waals surface area contributed by atoms with E-state index in [1.165, 1.54) is 11.1 Å². The minimum Gasteiger partial charge on any atom is -0.483 e. The molecule has 1 amide bonds. The number of nitrogens with one attached hydrogen (secondary N) is 1. The highest BCUT2D eigenvalue weighted by atomic mass is 79.9. The quantitative estimate of drug-likeness (QED) is 0.704. The van der Waals surface area contributed by atoms with E-state index in [1.54, 1.807) is 0 Å². The van der Waals surface area contributed by atoms with E-state index in [9.17, 15) is 4.79 Å². The van der Waals surface area contributed by atoms with Gasteiger partial charge in [0.15, 0.2) is 6.61 Å². The van der Waals surface area contributed by atoms with Crippen LogP contribution in [0.2, 0.25) is 0 Å². The van der Waals surface area contributed by atoms with Crippen molar-refractivity contribution in [2.24, 2.45) is 0 Å². The Morgan fingerprint density at radius 1 is 1.13 bits per heavy atom. The third-order valence-corrected chi connectivity index (χ3v) is 4.19. The number of carbonyl (C=O) groups excluding carboxylic acids is 1. The lowest BCUT2D eigenvalue weighted by atomic mass is 10.1. The second-order valence-corrected chi connectivity index (χ2v) is 6.20. The second-order valence-electron chi connectivity index (χ2n) is 5.35. The first-order valence-corrected chi connectivity index (χ1v) is 8.70. The molecule has 0 radical (unpaired) electrons. The Morgan fingerprint density at radius 3 is 2.61 bits per heavy atom. The monoisotopic (exact) mass is 375 g/mol. The molecule has 2 aromatic rings. The molecular formula is C19H22BrNO2. The summed E-state index contributed by atoms with van der Waals surface area (Å²) in [5, 5.41) is 2.89. The van der Waals surface area contributed by atoms with Gasteiger partial charge in [-0.05, 0) is 58.5 Å². The van der Waals surface area contributed by atoms with Gasteiger partial charge in [-0.25, -0.2) is 0 Å². The van der Waals surface area contributed by atoms with Crippen molar-refractivity contribution in [1.82, 2.24) is 5.32 Å². The molecule has 23 heavy (non-hydrogen) atoms. The SMILES string of the molecule is CCc1ccc(OCC(=O)NCCCc2ccccc2)c(Br)c1. The molecule has 0 bridgehead atoms. The molecule has 2 rings (SSSR count). The smallest absolute Gasteiger partial charge is 0.257 e. The van der Waals surface area contributed by atoms with Gasteiger partial charge in [0.1, 0.15) is 5.75 Å². The second kappa shape index (κ2) is 9.36. The topological polar surface area (TPSA) is 38.3 Å². The fraction of sp³-hybridized carbons (Fsp3) is 0.316. The molecule has 2 aromatic carbocycles. The molecule has 1 N–H and O–H groups in total. The van der Waals surface area contributed by atoms with Gasteiger partial charge in [0.2, 0.25) is 0 Å². The first kappa shape index (κ1) is 17.5. The number of rotatable bonds is 8. The summed E-state index contributed by atoms with van der Waals surface area (Å²) >= 11 is 3.47. The summed E-state index contributed by atoms with van der Waals surface area (Å²) in [7, 11) is 0. The molecular weight excluding hydrogens is 354 g/mol. The largest absolute Gasteiger partial charge is 0.483 e. The fourth-order valence-corrected chi connectivity index (χ4v) is 2.78. The van der Waals surface area contributed by atoms with Crippen molar-refractivity contribution < 1.29 is 9.53 Å². The lowest BCUT2D eigenvalue weighted by Crippen LogP contribution is -2.30. The third kappa shape index (κ3) is 6.06. The number of ether oxygens (including phenoxy) is 1. The van der Waals surface area contributed by atoms with Crippen LogP contribution < -0.4 is 10.1 Å². The summed E-state index contributed by atoms with van der Waals surface area (Å²) in [5.74, 6) is 0.603. The Hall–Kier alpha value is -1.81. The lowest BCUT2D eigenvalue weighted by Gasteiger charge is -2.10. The number of aryl methyl sites for hydroxylation is 2.